The summed E-state index contributed by atoms with van der Waals surface area (Å²) in [6.07, 6.45) is 6.96. The lowest BCUT2D eigenvalue weighted by molar-refractivity contribution is 0.0555. The minimum Gasteiger partial charge on any atom is -0.340 e. The smallest absolute Gasteiger partial charge is 0.260 e. The van der Waals surface area contributed by atoms with E-state index < -0.39 is 0 Å². The van der Waals surface area contributed by atoms with E-state index in [1.54, 1.807) is 0 Å². The highest BCUT2D eigenvalue weighted by atomic mass is 16.1. The molecule has 4 nitrogen and oxygen atoms in total. The molecule has 6 heterocycles. The van der Waals surface area contributed by atoms with Crippen molar-refractivity contribution in [2.75, 3.05) is 19.6 Å². The number of para-hydroxylation sites is 1. The molecule has 0 amide bonds. The first-order valence-electron chi connectivity index (χ1n) is 9.68. The molecule has 4 aliphatic rings. The largest absolute Gasteiger partial charge is 0.340 e. The highest BCUT2D eigenvalue weighted by molar-refractivity contribution is 6.08. The predicted molar refractivity (Wildman–Crippen MR) is 100 cm³/mol. The second-order valence-electron chi connectivity index (χ2n) is 8.07. The molecule has 2 bridgehead atoms. The third kappa shape index (κ3) is 1.83. The zero-order valence-electron chi connectivity index (χ0n) is 14.4. The maximum Gasteiger partial charge on any atom is 0.260 e. The number of aryl methyl sites for hydroxylation is 2. The van der Waals surface area contributed by atoms with Crippen LogP contribution in [0.5, 0.6) is 0 Å². The normalized spacial score (nSPS) is 28.1. The molecule has 4 heteroatoms. The Morgan fingerprint density at radius 3 is 2.68 bits per heavy atom. The van der Waals surface area contributed by atoms with Crippen LogP contribution in [0.4, 0.5) is 0 Å². The first-order valence-corrected chi connectivity index (χ1v) is 9.68. The van der Waals surface area contributed by atoms with Gasteiger partial charge in [0.15, 0.2) is 0 Å². The van der Waals surface area contributed by atoms with Gasteiger partial charge in [-0.3, -0.25) is 4.79 Å². The summed E-state index contributed by atoms with van der Waals surface area (Å²) in [5.74, 6) is 0.671. The Balaban J connectivity index is 1.68. The van der Waals surface area contributed by atoms with Crippen molar-refractivity contribution in [3.05, 3.63) is 46.4 Å². The molecule has 7 rings (SSSR count). The third-order valence-electron chi connectivity index (χ3n) is 6.83. The highest BCUT2D eigenvalue weighted by Crippen LogP contribution is 2.37. The van der Waals surface area contributed by atoms with E-state index in [-0.39, 0.29) is 5.56 Å². The van der Waals surface area contributed by atoms with Crippen molar-refractivity contribution < 1.29 is 0 Å². The standard InChI is InChI=1S/C21H23N3O/c25-21-19-16-5-1-2-6-17(16)23-9-3-4-15(20(19)23)12-24(21)18-13-22-10-7-14(18)8-11-22/h1-2,5-6,12,14,18H,3-4,7-11,13H2/t18-/m0/s1. The summed E-state index contributed by atoms with van der Waals surface area (Å²) in [5.41, 5.74) is 4.03. The molecule has 1 aromatic carbocycles. The molecular formula is C21H23N3O. The Kier molecular flexibility index (Phi) is 2.81. The molecule has 0 aliphatic carbocycles. The van der Waals surface area contributed by atoms with Gasteiger partial charge in [0.05, 0.1) is 16.9 Å². The van der Waals surface area contributed by atoms with Gasteiger partial charge in [0.2, 0.25) is 0 Å². The molecule has 4 aliphatic heterocycles. The van der Waals surface area contributed by atoms with Gasteiger partial charge < -0.3 is 14.0 Å². The van der Waals surface area contributed by atoms with Gasteiger partial charge in [0, 0.05) is 30.2 Å². The molecule has 3 saturated heterocycles. The highest BCUT2D eigenvalue weighted by Gasteiger charge is 2.36. The summed E-state index contributed by atoms with van der Waals surface area (Å²) >= 11 is 0. The Labute approximate surface area is 146 Å². The van der Waals surface area contributed by atoms with Crippen molar-refractivity contribution in [2.24, 2.45) is 5.92 Å². The number of hydrogen-bond donors (Lipinski definition) is 0. The van der Waals surface area contributed by atoms with Gasteiger partial charge in [-0.2, -0.15) is 0 Å². The first kappa shape index (κ1) is 14.1. The monoisotopic (exact) mass is 333 g/mol. The van der Waals surface area contributed by atoms with E-state index in [1.165, 1.54) is 48.9 Å². The summed E-state index contributed by atoms with van der Waals surface area (Å²) in [7, 11) is 0. The van der Waals surface area contributed by atoms with Crippen molar-refractivity contribution in [3.8, 4) is 0 Å². The van der Waals surface area contributed by atoms with E-state index in [0.29, 0.717) is 12.0 Å². The van der Waals surface area contributed by atoms with Crippen LogP contribution in [0, 0.1) is 5.92 Å². The molecule has 3 aromatic rings. The van der Waals surface area contributed by atoms with Gasteiger partial charge in [-0.05, 0) is 56.3 Å². The van der Waals surface area contributed by atoms with E-state index in [9.17, 15) is 4.79 Å². The summed E-state index contributed by atoms with van der Waals surface area (Å²) in [4.78, 5) is 16.1. The second kappa shape index (κ2) is 4.98. The number of fused-ring (bicyclic) bond motifs is 6. The van der Waals surface area contributed by atoms with E-state index >= 15 is 0 Å². The summed E-state index contributed by atoms with van der Waals surface area (Å²) in [6, 6.07) is 8.81. The number of pyridine rings is 1. The van der Waals surface area contributed by atoms with Crippen LogP contribution < -0.4 is 5.56 Å². The Morgan fingerprint density at radius 2 is 1.88 bits per heavy atom. The second-order valence-corrected chi connectivity index (χ2v) is 8.07. The van der Waals surface area contributed by atoms with Crippen molar-refractivity contribution in [1.29, 1.82) is 0 Å². The van der Waals surface area contributed by atoms with Gasteiger partial charge in [-0.15, -0.1) is 0 Å². The number of nitrogens with zero attached hydrogens (tertiary/aromatic N) is 3. The summed E-state index contributed by atoms with van der Waals surface area (Å²) < 4.78 is 4.50. The van der Waals surface area contributed by atoms with Crippen molar-refractivity contribution in [3.63, 3.8) is 0 Å². The van der Waals surface area contributed by atoms with Crippen LogP contribution in [0.3, 0.4) is 0 Å². The SMILES string of the molecule is O=c1c2c3ccccc3n3c2c(cn1[C@H]1CN2CCC1CC2)CCC3. The van der Waals surface area contributed by atoms with Crippen LogP contribution in [0.1, 0.15) is 30.9 Å². The zero-order valence-corrected chi connectivity index (χ0v) is 14.4. The average molecular weight is 333 g/mol. The number of hydrogen-bond acceptors (Lipinski definition) is 2. The minimum atomic E-state index is 0.231. The van der Waals surface area contributed by atoms with Gasteiger partial charge in [0.25, 0.3) is 5.56 Å². The van der Waals surface area contributed by atoms with Crippen LogP contribution in [-0.2, 0) is 13.0 Å². The summed E-state index contributed by atoms with van der Waals surface area (Å²) in [5, 5.41) is 2.10. The zero-order chi connectivity index (χ0) is 16.5. The number of rotatable bonds is 1. The molecule has 0 spiro atoms. The Bertz CT molecular complexity index is 1050. The van der Waals surface area contributed by atoms with Gasteiger partial charge >= 0.3 is 0 Å². The van der Waals surface area contributed by atoms with E-state index in [0.717, 1.165) is 30.3 Å². The fourth-order valence-corrected chi connectivity index (χ4v) is 5.61. The lowest BCUT2D eigenvalue weighted by atomic mass is 9.83. The molecule has 128 valence electrons. The van der Waals surface area contributed by atoms with E-state index in [2.05, 4.69) is 44.5 Å². The van der Waals surface area contributed by atoms with Crippen LogP contribution >= 0.6 is 0 Å². The topological polar surface area (TPSA) is 30.2 Å². The Morgan fingerprint density at radius 1 is 1.04 bits per heavy atom. The Hall–Kier alpha value is -2.07. The summed E-state index contributed by atoms with van der Waals surface area (Å²) in [6.45, 7) is 4.50. The van der Waals surface area contributed by atoms with Crippen molar-refractivity contribution >= 4 is 21.8 Å². The molecule has 25 heavy (non-hydrogen) atoms. The molecular weight excluding hydrogens is 310 g/mol. The van der Waals surface area contributed by atoms with Crippen molar-refractivity contribution in [1.82, 2.24) is 14.0 Å². The molecule has 2 aromatic heterocycles. The number of piperidine rings is 3. The van der Waals surface area contributed by atoms with E-state index in [1.807, 2.05) is 0 Å². The van der Waals surface area contributed by atoms with Gasteiger partial charge in [-0.1, -0.05) is 18.2 Å². The molecule has 0 N–H and O–H groups in total. The maximum absolute atomic E-state index is 13.6. The maximum atomic E-state index is 13.6. The van der Waals surface area contributed by atoms with Crippen LogP contribution in [0.15, 0.2) is 35.3 Å². The lowest BCUT2D eigenvalue weighted by Crippen LogP contribution is -2.50. The average Bonchev–Trinajstić information content (AvgIpc) is 3.02. The van der Waals surface area contributed by atoms with Gasteiger partial charge in [0.1, 0.15) is 0 Å². The molecule has 0 radical (unpaired) electrons. The fraction of sp³-hybridized carbons (Fsp3) is 0.476. The quantitative estimate of drug-likeness (QED) is 0.685. The molecule has 0 saturated carbocycles. The van der Waals surface area contributed by atoms with Crippen LogP contribution in [0.2, 0.25) is 0 Å². The first-order chi connectivity index (χ1) is 12.3. The van der Waals surface area contributed by atoms with Crippen molar-refractivity contribution in [2.45, 2.75) is 38.3 Å². The predicted octanol–water partition coefficient (Wildman–Crippen LogP) is 3.17. The molecule has 3 fully saturated rings. The molecule has 1 atom stereocenters. The fourth-order valence-electron chi connectivity index (χ4n) is 5.61. The lowest BCUT2D eigenvalue weighted by Gasteiger charge is -2.45. The third-order valence-corrected chi connectivity index (χ3v) is 6.83. The van der Waals surface area contributed by atoms with Crippen LogP contribution in [-0.4, -0.2) is 33.7 Å². The van der Waals surface area contributed by atoms with E-state index in [4.69, 9.17) is 0 Å². The molecule has 0 unspecified atom stereocenters. The van der Waals surface area contributed by atoms with Gasteiger partial charge in [-0.25, -0.2) is 0 Å². The van der Waals surface area contributed by atoms with Crippen LogP contribution in [0.25, 0.3) is 21.8 Å². The number of aromatic nitrogens is 2. The number of benzene rings is 1. The minimum absolute atomic E-state index is 0.231.